The maximum Gasteiger partial charge on any atom is 0.137 e. The summed E-state index contributed by atoms with van der Waals surface area (Å²) in [6, 6.07) is 54.8. The van der Waals surface area contributed by atoms with Gasteiger partial charge in [0.25, 0.3) is 0 Å². The van der Waals surface area contributed by atoms with Crippen LogP contribution in [-0.2, 0) is 21.7 Å². The maximum atomic E-state index is 6.99. The number of para-hydroxylation sites is 1. The number of benzene rings is 6. The van der Waals surface area contributed by atoms with Crippen molar-refractivity contribution in [1.29, 1.82) is 0 Å². The summed E-state index contributed by atoms with van der Waals surface area (Å²) >= 11 is 0. The molecule has 5 nitrogen and oxygen atoms in total. The summed E-state index contributed by atoms with van der Waals surface area (Å²) in [5, 5.41) is 2.44. The van der Waals surface area contributed by atoms with Gasteiger partial charge in [0.15, 0.2) is 0 Å². The average molecular weight is 843 g/mol. The Labute approximate surface area is 380 Å². The zero-order chi connectivity index (χ0) is 45.2. The summed E-state index contributed by atoms with van der Waals surface area (Å²) in [6.07, 6.45) is 4.26. The molecule has 3 heterocycles. The van der Waals surface area contributed by atoms with Gasteiger partial charge in [-0.1, -0.05) is 167 Å². The van der Waals surface area contributed by atoms with Gasteiger partial charge in [-0.25, -0.2) is 4.98 Å². The molecule has 0 saturated carbocycles. The van der Waals surface area contributed by atoms with Crippen molar-refractivity contribution < 1.29 is 4.74 Å². The first-order valence-electron chi connectivity index (χ1n) is 22.7. The van der Waals surface area contributed by atoms with Crippen LogP contribution < -0.4 is 14.5 Å². The highest BCUT2D eigenvalue weighted by atomic mass is 16.5. The standard InChI is InChI=1S/C59H62N4O/c1-56(2,3)42-29-30-60-54(34-42)63-51-28-19-18-27-49(51)55-50(58(7,8)9)36-48(37-52(55)63)64-47-26-20-25-45(35-47)62-39-61(38-53(62)40-21-14-12-15-22-40)46-32-43(57(4,5)6)31-44(33-46)59(10,11)41-23-16-13-17-24-41/h12-38H,39H2,1-11H3. The second-order valence-corrected chi connectivity index (χ2v) is 21.1. The molecule has 5 heteroatoms. The zero-order valence-corrected chi connectivity index (χ0v) is 39.5. The van der Waals surface area contributed by atoms with Crippen LogP contribution in [0.15, 0.2) is 164 Å². The fourth-order valence-electron chi connectivity index (χ4n) is 9.12. The van der Waals surface area contributed by atoms with Crippen LogP contribution in [0.1, 0.15) is 110 Å². The zero-order valence-electron chi connectivity index (χ0n) is 39.5. The average Bonchev–Trinajstić information content (AvgIpc) is 3.86. The summed E-state index contributed by atoms with van der Waals surface area (Å²) < 4.78 is 9.31. The van der Waals surface area contributed by atoms with Crippen LogP contribution in [0.5, 0.6) is 11.5 Å². The molecule has 0 aliphatic carbocycles. The smallest absolute Gasteiger partial charge is 0.137 e. The fraction of sp³-hybridized carbons (Fsp3) is 0.271. The number of nitrogens with zero attached hydrogens (tertiary/aromatic N) is 4. The first kappa shape index (κ1) is 42.7. The largest absolute Gasteiger partial charge is 0.457 e. The van der Waals surface area contributed by atoms with Crippen molar-refractivity contribution >= 4 is 38.9 Å². The highest BCUT2D eigenvalue weighted by Crippen LogP contribution is 2.44. The van der Waals surface area contributed by atoms with Crippen LogP contribution in [0, 0.1) is 0 Å². The molecule has 64 heavy (non-hydrogen) atoms. The minimum Gasteiger partial charge on any atom is -0.457 e. The third kappa shape index (κ3) is 8.09. The first-order chi connectivity index (χ1) is 30.4. The molecule has 0 atom stereocenters. The van der Waals surface area contributed by atoms with Crippen LogP contribution in [-0.4, -0.2) is 16.2 Å². The summed E-state index contributed by atoms with van der Waals surface area (Å²) in [6.45, 7) is 25.9. The predicted octanol–water partition coefficient (Wildman–Crippen LogP) is 15.5. The molecular weight excluding hydrogens is 781 g/mol. The van der Waals surface area contributed by atoms with E-state index in [0.717, 1.165) is 45.3 Å². The Morgan fingerprint density at radius 1 is 0.500 bits per heavy atom. The topological polar surface area (TPSA) is 33.5 Å². The number of aromatic nitrogens is 2. The lowest BCUT2D eigenvalue weighted by molar-refractivity contribution is 0.480. The van der Waals surface area contributed by atoms with Gasteiger partial charge in [-0.05, 0) is 98.2 Å². The first-order valence-corrected chi connectivity index (χ1v) is 22.7. The van der Waals surface area contributed by atoms with Crippen molar-refractivity contribution in [3.8, 4) is 17.3 Å². The van der Waals surface area contributed by atoms with Gasteiger partial charge in [-0.2, -0.15) is 0 Å². The van der Waals surface area contributed by atoms with E-state index in [1.165, 1.54) is 44.3 Å². The van der Waals surface area contributed by atoms with E-state index in [9.17, 15) is 0 Å². The van der Waals surface area contributed by atoms with Gasteiger partial charge in [0.1, 0.15) is 17.3 Å². The molecule has 0 bridgehead atoms. The van der Waals surface area contributed by atoms with Gasteiger partial charge >= 0.3 is 0 Å². The lowest BCUT2D eigenvalue weighted by Gasteiger charge is -2.31. The van der Waals surface area contributed by atoms with Gasteiger partial charge in [-0.15, -0.1) is 0 Å². The quantitative estimate of drug-likeness (QED) is 0.153. The van der Waals surface area contributed by atoms with Crippen molar-refractivity contribution in [1.82, 2.24) is 9.55 Å². The van der Waals surface area contributed by atoms with Gasteiger partial charge in [0, 0.05) is 52.1 Å². The number of pyridine rings is 1. The molecular formula is C59H62N4O. The monoisotopic (exact) mass is 842 g/mol. The Hall–Kier alpha value is -6.59. The van der Waals surface area contributed by atoms with Gasteiger partial charge in [0.2, 0.25) is 0 Å². The molecule has 8 aromatic rings. The minimum atomic E-state index is -0.189. The number of ether oxygens (including phenoxy) is 1. The van der Waals surface area contributed by atoms with Gasteiger partial charge in [-0.3, -0.25) is 4.57 Å². The highest BCUT2D eigenvalue weighted by molar-refractivity contribution is 6.11. The lowest BCUT2D eigenvalue weighted by atomic mass is 9.75. The van der Waals surface area contributed by atoms with E-state index in [2.05, 4.69) is 248 Å². The molecule has 6 aromatic carbocycles. The molecule has 0 spiro atoms. The van der Waals surface area contributed by atoms with E-state index in [0.29, 0.717) is 6.67 Å². The van der Waals surface area contributed by atoms with Gasteiger partial charge in [0.05, 0.1) is 23.4 Å². The van der Waals surface area contributed by atoms with E-state index in [-0.39, 0.29) is 21.7 Å². The number of hydrogen-bond acceptors (Lipinski definition) is 4. The lowest BCUT2D eigenvalue weighted by Crippen LogP contribution is -2.27. The third-order valence-electron chi connectivity index (χ3n) is 13.0. The third-order valence-corrected chi connectivity index (χ3v) is 13.0. The number of rotatable bonds is 8. The van der Waals surface area contributed by atoms with Crippen LogP contribution in [0.25, 0.3) is 33.3 Å². The Morgan fingerprint density at radius 2 is 1.17 bits per heavy atom. The summed E-state index contributed by atoms with van der Waals surface area (Å²) in [5.74, 6) is 2.47. The number of hydrogen-bond donors (Lipinski definition) is 0. The fourth-order valence-corrected chi connectivity index (χ4v) is 9.12. The molecule has 1 aliphatic rings. The molecule has 2 aromatic heterocycles. The SMILES string of the molecule is CC(C)(C)c1cc(N2C=C(c3ccccc3)N(c3cccc(Oc4cc(C(C)(C)C)c5c6ccccc6n(-c6cc(C(C)(C)C)ccn6)c5c4)c3)C2)cc(C(C)(C)c2ccccc2)c1. The van der Waals surface area contributed by atoms with Crippen LogP contribution in [0.2, 0.25) is 0 Å². The van der Waals surface area contributed by atoms with Crippen LogP contribution in [0.4, 0.5) is 11.4 Å². The minimum absolute atomic E-state index is 0.0209. The van der Waals surface area contributed by atoms with Crippen molar-refractivity contribution in [2.45, 2.75) is 97.8 Å². The Kier molecular flexibility index (Phi) is 10.6. The molecule has 0 saturated heterocycles. The molecule has 9 rings (SSSR count). The van der Waals surface area contributed by atoms with Crippen molar-refractivity contribution in [2.24, 2.45) is 0 Å². The van der Waals surface area contributed by atoms with E-state index in [1.54, 1.807) is 0 Å². The Balaban J connectivity index is 1.13. The summed E-state index contributed by atoms with van der Waals surface area (Å²) in [7, 11) is 0. The van der Waals surface area contributed by atoms with Crippen molar-refractivity contribution in [3.63, 3.8) is 0 Å². The van der Waals surface area contributed by atoms with E-state index >= 15 is 0 Å². The molecule has 0 amide bonds. The molecule has 0 radical (unpaired) electrons. The predicted molar refractivity (Wildman–Crippen MR) is 270 cm³/mol. The summed E-state index contributed by atoms with van der Waals surface area (Å²) in [5.41, 5.74) is 12.7. The second-order valence-electron chi connectivity index (χ2n) is 21.1. The van der Waals surface area contributed by atoms with Crippen molar-refractivity contribution in [2.75, 3.05) is 16.5 Å². The van der Waals surface area contributed by atoms with E-state index in [1.807, 2.05) is 6.20 Å². The number of anilines is 2. The molecule has 0 N–H and O–H groups in total. The van der Waals surface area contributed by atoms with Crippen LogP contribution in [0.3, 0.4) is 0 Å². The molecule has 0 unspecified atom stereocenters. The Morgan fingerprint density at radius 3 is 1.88 bits per heavy atom. The second kappa shape index (κ2) is 15.9. The van der Waals surface area contributed by atoms with Gasteiger partial charge < -0.3 is 14.5 Å². The normalized spacial score (nSPS) is 13.8. The van der Waals surface area contributed by atoms with E-state index in [4.69, 9.17) is 9.72 Å². The number of fused-ring (bicyclic) bond motifs is 3. The summed E-state index contributed by atoms with van der Waals surface area (Å²) in [4.78, 5) is 9.78. The molecule has 0 fully saturated rings. The Bertz CT molecular complexity index is 3030. The van der Waals surface area contributed by atoms with E-state index < -0.39 is 0 Å². The van der Waals surface area contributed by atoms with Crippen LogP contribution >= 0.6 is 0 Å². The molecule has 1 aliphatic heterocycles. The maximum absolute atomic E-state index is 6.99. The molecule has 324 valence electrons. The highest BCUT2D eigenvalue weighted by Gasteiger charge is 2.31. The van der Waals surface area contributed by atoms with Crippen molar-refractivity contribution in [3.05, 3.63) is 197 Å².